The minimum Gasteiger partial charge on any atom is -0.327 e. The van der Waals surface area contributed by atoms with Gasteiger partial charge >= 0.3 is 0 Å². The van der Waals surface area contributed by atoms with E-state index in [1.807, 2.05) is 23.7 Å². The number of nitriles is 1. The van der Waals surface area contributed by atoms with Crippen LogP contribution in [0.25, 0.3) is 11.0 Å². The highest BCUT2D eigenvalue weighted by Gasteiger charge is 2.13. The summed E-state index contributed by atoms with van der Waals surface area (Å²) in [7, 11) is 0. The van der Waals surface area contributed by atoms with Crippen LogP contribution in [-0.4, -0.2) is 20.4 Å². The summed E-state index contributed by atoms with van der Waals surface area (Å²) in [4.78, 5) is 8.92. The Morgan fingerprint density at radius 1 is 1.33 bits per heavy atom. The molecule has 0 radical (unpaired) electrons. The van der Waals surface area contributed by atoms with Gasteiger partial charge in [0.15, 0.2) is 0 Å². The number of aromatic nitrogens is 3. The lowest BCUT2D eigenvalue weighted by atomic mass is 10.2. The van der Waals surface area contributed by atoms with Crippen LogP contribution in [0.5, 0.6) is 0 Å². The molecule has 0 amide bonds. The molecule has 0 aliphatic heterocycles. The molecular formula is C15H13ClN4S. The average molecular weight is 317 g/mol. The van der Waals surface area contributed by atoms with Crippen LogP contribution >= 0.6 is 22.9 Å². The molecule has 0 N–H and O–H groups in total. The lowest BCUT2D eigenvalue weighted by Gasteiger charge is -2.07. The summed E-state index contributed by atoms with van der Waals surface area (Å²) in [6, 6.07) is 7.90. The number of rotatable bonds is 5. The summed E-state index contributed by atoms with van der Waals surface area (Å²) in [6.07, 6.45) is 3.37. The van der Waals surface area contributed by atoms with Gasteiger partial charge in [-0.15, -0.1) is 22.9 Å². The van der Waals surface area contributed by atoms with Crippen LogP contribution < -0.4 is 0 Å². The largest absolute Gasteiger partial charge is 0.327 e. The number of fused-ring (bicyclic) bond motifs is 1. The van der Waals surface area contributed by atoms with E-state index in [-0.39, 0.29) is 0 Å². The molecule has 0 bridgehead atoms. The Labute approximate surface area is 131 Å². The summed E-state index contributed by atoms with van der Waals surface area (Å²) in [5.74, 6) is 1.45. The second-order valence-electron chi connectivity index (χ2n) is 4.58. The zero-order chi connectivity index (χ0) is 14.7. The monoisotopic (exact) mass is 316 g/mol. The van der Waals surface area contributed by atoms with Crippen molar-refractivity contribution in [2.45, 2.75) is 19.4 Å². The molecule has 3 rings (SSSR count). The van der Waals surface area contributed by atoms with Crippen molar-refractivity contribution < 1.29 is 0 Å². The van der Waals surface area contributed by atoms with E-state index in [9.17, 15) is 5.26 Å². The molecule has 0 aliphatic rings. The third-order valence-corrected chi connectivity index (χ3v) is 4.36. The van der Waals surface area contributed by atoms with Crippen molar-refractivity contribution in [3.8, 4) is 6.07 Å². The molecule has 0 fully saturated rings. The van der Waals surface area contributed by atoms with Crippen molar-refractivity contribution in [1.29, 1.82) is 5.26 Å². The standard InChI is InChI=1S/C15H13ClN4S/c16-6-4-13-19-15-11(10-17)2-1-3-12(15)20(13)8-5-14-18-7-9-21-14/h1-3,7,9H,4-6,8H2. The third-order valence-electron chi connectivity index (χ3n) is 3.33. The highest BCUT2D eigenvalue weighted by Crippen LogP contribution is 2.21. The lowest BCUT2D eigenvalue weighted by molar-refractivity contribution is 0.673. The van der Waals surface area contributed by atoms with Gasteiger partial charge in [0.2, 0.25) is 0 Å². The number of benzene rings is 1. The Balaban J connectivity index is 2.02. The van der Waals surface area contributed by atoms with Gasteiger partial charge in [0.25, 0.3) is 0 Å². The lowest BCUT2D eigenvalue weighted by Crippen LogP contribution is -2.06. The zero-order valence-corrected chi connectivity index (χ0v) is 12.9. The molecule has 0 unspecified atom stereocenters. The van der Waals surface area contributed by atoms with E-state index >= 15 is 0 Å². The number of halogens is 1. The third kappa shape index (κ3) is 2.78. The Bertz CT molecular complexity index is 786. The van der Waals surface area contributed by atoms with Crippen LogP contribution in [0.2, 0.25) is 0 Å². The van der Waals surface area contributed by atoms with Gasteiger partial charge in [-0.3, -0.25) is 0 Å². The van der Waals surface area contributed by atoms with Crippen molar-refractivity contribution >= 4 is 34.0 Å². The maximum Gasteiger partial charge on any atom is 0.111 e. The van der Waals surface area contributed by atoms with Gasteiger partial charge < -0.3 is 4.57 Å². The minimum atomic E-state index is 0.516. The van der Waals surface area contributed by atoms with E-state index in [1.165, 1.54) is 0 Å². The van der Waals surface area contributed by atoms with Gasteiger partial charge in [0.1, 0.15) is 17.4 Å². The summed E-state index contributed by atoms with van der Waals surface area (Å²) in [5.41, 5.74) is 2.36. The number of nitrogens with zero attached hydrogens (tertiary/aromatic N) is 4. The first-order valence-electron chi connectivity index (χ1n) is 6.66. The van der Waals surface area contributed by atoms with Gasteiger partial charge in [0, 0.05) is 36.8 Å². The molecule has 2 aromatic heterocycles. The predicted octanol–water partition coefficient (Wildman–Crippen LogP) is 3.39. The van der Waals surface area contributed by atoms with Crippen LogP contribution in [0.1, 0.15) is 16.4 Å². The first-order valence-corrected chi connectivity index (χ1v) is 8.07. The van der Waals surface area contributed by atoms with E-state index in [4.69, 9.17) is 11.6 Å². The van der Waals surface area contributed by atoms with Crippen molar-refractivity contribution in [2.75, 3.05) is 5.88 Å². The van der Waals surface area contributed by atoms with Crippen molar-refractivity contribution in [3.63, 3.8) is 0 Å². The van der Waals surface area contributed by atoms with Gasteiger partial charge in [-0.05, 0) is 12.1 Å². The number of alkyl halides is 1. The fourth-order valence-electron chi connectivity index (χ4n) is 2.39. The van der Waals surface area contributed by atoms with E-state index in [1.54, 1.807) is 17.4 Å². The van der Waals surface area contributed by atoms with Crippen LogP contribution in [0.4, 0.5) is 0 Å². The second-order valence-corrected chi connectivity index (χ2v) is 5.94. The molecule has 0 saturated heterocycles. The van der Waals surface area contributed by atoms with E-state index in [2.05, 4.69) is 20.6 Å². The van der Waals surface area contributed by atoms with Crippen LogP contribution in [-0.2, 0) is 19.4 Å². The fourth-order valence-corrected chi connectivity index (χ4v) is 3.17. The number of aryl methyl sites for hydroxylation is 3. The van der Waals surface area contributed by atoms with Crippen molar-refractivity contribution in [2.24, 2.45) is 0 Å². The minimum absolute atomic E-state index is 0.516. The summed E-state index contributed by atoms with van der Waals surface area (Å²) >= 11 is 7.53. The smallest absolute Gasteiger partial charge is 0.111 e. The highest BCUT2D eigenvalue weighted by atomic mass is 35.5. The molecule has 2 heterocycles. The molecule has 0 aliphatic carbocycles. The number of para-hydroxylation sites is 1. The first kappa shape index (κ1) is 14.1. The summed E-state index contributed by atoms with van der Waals surface area (Å²) < 4.78 is 2.15. The van der Waals surface area contributed by atoms with Crippen LogP contribution in [0.15, 0.2) is 29.8 Å². The van der Waals surface area contributed by atoms with Gasteiger partial charge in [-0.2, -0.15) is 5.26 Å². The van der Waals surface area contributed by atoms with Crippen molar-refractivity contribution in [3.05, 3.63) is 46.2 Å². The number of thiazole rings is 1. The number of hydrogen-bond donors (Lipinski definition) is 0. The molecule has 3 aromatic rings. The molecule has 1 aromatic carbocycles. The number of imidazole rings is 1. The van der Waals surface area contributed by atoms with Crippen LogP contribution in [0, 0.1) is 11.3 Å². The highest BCUT2D eigenvalue weighted by molar-refractivity contribution is 7.09. The normalized spacial score (nSPS) is 10.9. The van der Waals surface area contributed by atoms with Gasteiger partial charge in [-0.1, -0.05) is 6.07 Å². The zero-order valence-electron chi connectivity index (χ0n) is 11.3. The molecule has 21 heavy (non-hydrogen) atoms. The Morgan fingerprint density at radius 3 is 2.95 bits per heavy atom. The summed E-state index contributed by atoms with van der Waals surface area (Å²) in [6.45, 7) is 0.797. The molecule has 0 saturated carbocycles. The quantitative estimate of drug-likeness (QED) is 0.678. The maximum absolute atomic E-state index is 9.21. The van der Waals surface area contributed by atoms with Gasteiger partial charge in [-0.25, -0.2) is 9.97 Å². The van der Waals surface area contributed by atoms with Gasteiger partial charge in [0.05, 0.1) is 16.1 Å². The molecule has 0 spiro atoms. The second kappa shape index (κ2) is 6.25. The number of hydrogen-bond acceptors (Lipinski definition) is 4. The van der Waals surface area contributed by atoms with E-state index in [0.29, 0.717) is 17.9 Å². The Kier molecular flexibility index (Phi) is 4.18. The van der Waals surface area contributed by atoms with Crippen LogP contribution in [0.3, 0.4) is 0 Å². The molecule has 4 nitrogen and oxygen atoms in total. The topological polar surface area (TPSA) is 54.5 Å². The molecule has 0 atom stereocenters. The predicted molar refractivity (Wildman–Crippen MR) is 84.7 cm³/mol. The Morgan fingerprint density at radius 2 is 2.24 bits per heavy atom. The SMILES string of the molecule is N#Cc1cccc2c1nc(CCCl)n2CCc1nccs1. The average Bonchev–Trinajstić information content (AvgIpc) is 3.12. The Hall–Kier alpha value is -1.90. The van der Waals surface area contributed by atoms with E-state index in [0.717, 1.165) is 34.8 Å². The molecule has 106 valence electrons. The molecule has 6 heteroatoms. The fraction of sp³-hybridized carbons (Fsp3) is 0.267. The first-order chi connectivity index (χ1) is 10.3. The maximum atomic E-state index is 9.21. The molecular weight excluding hydrogens is 304 g/mol. The van der Waals surface area contributed by atoms with E-state index < -0.39 is 0 Å². The summed E-state index contributed by atoms with van der Waals surface area (Å²) in [5, 5.41) is 12.3. The van der Waals surface area contributed by atoms with Crippen molar-refractivity contribution in [1.82, 2.24) is 14.5 Å².